The zero-order valence-corrected chi connectivity index (χ0v) is 15.6. The van der Waals surface area contributed by atoms with Crippen molar-refractivity contribution >= 4 is 29.4 Å². The van der Waals surface area contributed by atoms with Gasteiger partial charge >= 0.3 is 12.0 Å². The predicted octanol–water partition coefficient (Wildman–Crippen LogP) is 4.29. The van der Waals surface area contributed by atoms with Crippen LogP contribution in [0.2, 0.25) is 0 Å². The Morgan fingerprint density at radius 1 is 1.19 bits per heavy atom. The van der Waals surface area contributed by atoms with Crippen LogP contribution in [0.4, 0.5) is 10.5 Å². The topological polar surface area (TPSA) is 80.6 Å². The molecule has 0 unspecified atom stereocenters. The van der Waals surface area contributed by atoms with Gasteiger partial charge in [0.15, 0.2) is 0 Å². The van der Waals surface area contributed by atoms with Gasteiger partial charge < -0.3 is 19.8 Å². The van der Waals surface area contributed by atoms with E-state index >= 15 is 0 Å². The number of benzene rings is 1. The highest BCUT2D eigenvalue weighted by molar-refractivity contribution is 7.98. The van der Waals surface area contributed by atoms with Gasteiger partial charge in [-0.1, -0.05) is 13.3 Å². The lowest BCUT2D eigenvalue weighted by atomic mass is 10.2. The molecule has 2 aromatic rings. The number of carbonyl (C=O) groups excluding carboxylic acids is 2. The molecule has 2 amide bonds. The second kappa shape index (κ2) is 11.3. The fourth-order valence-electron chi connectivity index (χ4n) is 2.06. The molecule has 0 aliphatic heterocycles. The van der Waals surface area contributed by atoms with E-state index < -0.39 is 0 Å². The quantitative estimate of drug-likeness (QED) is 0.477. The number of unbranched alkanes of at least 4 members (excludes halogenated alkanes) is 1. The van der Waals surface area contributed by atoms with Crippen molar-refractivity contribution in [3.63, 3.8) is 0 Å². The molecule has 0 atom stereocenters. The number of esters is 1. The van der Waals surface area contributed by atoms with Crippen LogP contribution in [0.1, 0.15) is 35.9 Å². The number of rotatable bonds is 10. The minimum atomic E-state index is -0.344. The highest BCUT2D eigenvalue weighted by Gasteiger charge is 2.07. The van der Waals surface area contributed by atoms with Gasteiger partial charge in [0.25, 0.3) is 0 Å². The van der Waals surface area contributed by atoms with Crippen molar-refractivity contribution < 1.29 is 18.7 Å². The number of anilines is 1. The van der Waals surface area contributed by atoms with Crippen LogP contribution in [0.3, 0.4) is 0 Å². The molecule has 1 heterocycles. The van der Waals surface area contributed by atoms with E-state index in [4.69, 9.17) is 9.15 Å². The lowest BCUT2D eigenvalue weighted by molar-refractivity contribution is 0.0500. The Morgan fingerprint density at radius 3 is 2.69 bits per heavy atom. The summed E-state index contributed by atoms with van der Waals surface area (Å²) in [6.45, 7) is 3.02. The van der Waals surface area contributed by atoms with Crippen molar-refractivity contribution in [1.82, 2.24) is 5.32 Å². The third kappa shape index (κ3) is 7.23. The zero-order chi connectivity index (χ0) is 18.6. The van der Waals surface area contributed by atoms with Crippen molar-refractivity contribution in [1.29, 1.82) is 0 Å². The van der Waals surface area contributed by atoms with Crippen LogP contribution < -0.4 is 10.6 Å². The molecule has 140 valence electrons. The summed E-state index contributed by atoms with van der Waals surface area (Å²) in [4.78, 5) is 23.7. The maximum Gasteiger partial charge on any atom is 0.338 e. The molecule has 2 N–H and O–H groups in total. The molecule has 6 nitrogen and oxygen atoms in total. The minimum Gasteiger partial charge on any atom is -0.468 e. The molecular formula is C19H24N2O4S. The summed E-state index contributed by atoms with van der Waals surface area (Å²) in [5, 5.41) is 5.52. The first-order valence-corrected chi connectivity index (χ1v) is 9.76. The predicted molar refractivity (Wildman–Crippen MR) is 104 cm³/mol. The average molecular weight is 376 g/mol. The second-order valence-electron chi connectivity index (χ2n) is 5.58. The summed E-state index contributed by atoms with van der Waals surface area (Å²) in [5.41, 5.74) is 1.09. The Kier molecular flexibility index (Phi) is 8.62. The van der Waals surface area contributed by atoms with Crippen LogP contribution in [-0.4, -0.2) is 30.9 Å². The summed E-state index contributed by atoms with van der Waals surface area (Å²) >= 11 is 1.68. The Balaban J connectivity index is 1.64. The summed E-state index contributed by atoms with van der Waals surface area (Å²) in [7, 11) is 0. The highest BCUT2D eigenvalue weighted by Crippen LogP contribution is 2.12. The monoisotopic (exact) mass is 376 g/mol. The van der Waals surface area contributed by atoms with Gasteiger partial charge in [-0.15, -0.1) is 0 Å². The largest absolute Gasteiger partial charge is 0.468 e. The molecule has 2 rings (SSSR count). The molecular weight excluding hydrogens is 352 g/mol. The van der Waals surface area contributed by atoms with Crippen LogP contribution in [0, 0.1) is 0 Å². The number of hydrogen-bond acceptors (Lipinski definition) is 5. The molecule has 0 saturated carbocycles. The molecule has 26 heavy (non-hydrogen) atoms. The van der Waals surface area contributed by atoms with Crippen LogP contribution in [0.25, 0.3) is 0 Å². The van der Waals surface area contributed by atoms with Crippen molar-refractivity contribution in [3.05, 3.63) is 54.0 Å². The fraction of sp³-hybridized carbons (Fsp3) is 0.368. The Labute approximate surface area is 157 Å². The number of hydrogen-bond donors (Lipinski definition) is 2. The van der Waals surface area contributed by atoms with Crippen molar-refractivity contribution in [2.45, 2.75) is 25.5 Å². The summed E-state index contributed by atoms with van der Waals surface area (Å²) < 4.78 is 10.4. The fourth-order valence-corrected chi connectivity index (χ4v) is 2.82. The van der Waals surface area contributed by atoms with E-state index in [9.17, 15) is 9.59 Å². The van der Waals surface area contributed by atoms with Gasteiger partial charge in [0, 0.05) is 18.0 Å². The number of furan rings is 1. The molecule has 0 bridgehead atoms. The van der Waals surface area contributed by atoms with Gasteiger partial charge in [0.05, 0.1) is 24.2 Å². The molecule has 1 aromatic heterocycles. The molecule has 0 aliphatic carbocycles. The SMILES string of the molecule is CCCCOC(=O)c1ccc(NC(=O)NCCSCc2ccco2)cc1. The minimum absolute atomic E-state index is 0.276. The van der Waals surface area contributed by atoms with E-state index in [1.807, 2.05) is 19.1 Å². The molecule has 1 aromatic carbocycles. The first kappa shape index (κ1) is 19.9. The maximum atomic E-state index is 11.9. The Bertz CT molecular complexity index is 671. The van der Waals surface area contributed by atoms with Crippen LogP contribution in [-0.2, 0) is 10.5 Å². The van der Waals surface area contributed by atoms with Crippen LogP contribution in [0.15, 0.2) is 47.1 Å². The van der Waals surface area contributed by atoms with Crippen molar-refractivity contribution in [3.8, 4) is 0 Å². The summed E-state index contributed by atoms with van der Waals surface area (Å²) in [6, 6.07) is 10.2. The molecule has 7 heteroatoms. The zero-order valence-electron chi connectivity index (χ0n) is 14.8. The van der Waals surface area contributed by atoms with Gasteiger partial charge in [-0.25, -0.2) is 9.59 Å². The number of carbonyl (C=O) groups is 2. The molecule has 0 radical (unpaired) electrons. The number of thioether (sulfide) groups is 1. The smallest absolute Gasteiger partial charge is 0.338 e. The third-order valence-corrected chi connectivity index (χ3v) is 4.45. The Morgan fingerprint density at radius 2 is 2.00 bits per heavy atom. The van der Waals surface area contributed by atoms with Crippen LogP contribution in [0.5, 0.6) is 0 Å². The lowest BCUT2D eigenvalue weighted by Gasteiger charge is -2.08. The van der Waals surface area contributed by atoms with E-state index in [1.54, 1.807) is 42.3 Å². The maximum absolute atomic E-state index is 11.9. The first-order chi connectivity index (χ1) is 12.7. The molecule has 0 fully saturated rings. The average Bonchev–Trinajstić information content (AvgIpc) is 3.15. The number of amides is 2. The van der Waals surface area contributed by atoms with Gasteiger partial charge in [-0.3, -0.25) is 0 Å². The van der Waals surface area contributed by atoms with E-state index in [0.29, 0.717) is 24.4 Å². The van der Waals surface area contributed by atoms with E-state index in [-0.39, 0.29) is 12.0 Å². The first-order valence-electron chi connectivity index (χ1n) is 8.61. The molecule has 0 aliphatic rings. The Hall–Kier alpha value is -2.41. The second-order valence-corrected chi connectivity index (χ2v) is 6.68. The molecule has 0 spiro atoms. The standard InChI is InChI=1S/C19H24N2O4S/c1-2-3-11-25-18(22)15-6-8-16(9-7-15)21-19(23)20-10-13-26-14-17-5-4-12-24-17/h4-9,12H,2-3,10-11,13-14H2,1H3,(H2,20,21,23). The van der Waals surface area contributed by atoms with Gasteiger partial charge in [0.1, 0.15) is 5.76 Å². The highest BCUT2D eigenvalue weighted by atomic mass is 32.2. The number of ether oxygens (including phenoxy) is 1. The van der Waals surface area contributed by atoms with E-state index in [2.05, 4.69) is 10.6 Å². The van der Waals surface area contributed by atoms with E-state index in [0.717, 1.165) is 30.1 Å². The normalized spacial score (nSPS) is 10.3. The number of urea groups is 1. The van der Waals surface area contributed by atoms with Crippen molar-refractivity contribution in [2.24, 2.45) is 0 Å². The van der Waals surface area contributed by atoms with Gasteiger partial charge in [-0.05, 0) is 42.8 Å². The summed E-state index contributed by atoms with van der Waals surface area (Å²) in [5.74, 6) is 2.15. The van der Waals surface area contributed by atoms with Gasteiger partial charge in [-0.2, -0.15) is 11.8 Å². The summed E-state index contributed by atoms with van der Waals surface area (Å²) in [6.07, 6.45) is 3.48. The van der Waals surface area contributed by atoms with E-state index in [1.165, 1.54) is 0 Å². The lowest BCUT2D eigenvalue weighted by Crippen LogP contribution is -2.30. The van der Waals surface area contributed by atoms with Crippen molar-refractivity contribution in [2.75, 3.05) is 24.2 Å². The molecule has 0 saturated heterocycles. The third-order valence-electron chi connectivity index (χ3n) is 3.47. The van der Waals surface area contributed by atoms with Gasteiger partial charge in [0.2, 0.25) is 0 Å². The number of nitrogens with one attached hydrogen (secondary N) is 2. The van der Waals surface area contributed by atoms with Crippen LogP contribution >= 0.6 is 11.8 Å².